The summed E-state index contributed by atoms with van der Waals surface area (Å²) >= 11 is 0. The van der Waals surface area contributed by atoms with Gasteiger partial charge in [-0.1, -0.05) is 0 Å². The second-order valence-corrected chi connectivity index (χ2v) is 8.52. The maximum atomic E-state index is 13.0. The third-order valence-corrected chi connectivity index (χ3v) is 6.27. The normalized spacial score (nSPS) is 19.7. The van der Waals surface area contributed by atoms with Gasteiger partial charge >= 0.3 is 6.36 Å². The van der Waals surface area contributed by atoms with Gasteiger partial charge in [0, 0.05) is 31.0 Å². The van der Waals surface area contributed by atoms with Crippen LogP contribution in [0.5, 0.6) is 5.75 Å². The van der Waals surface area contributed by atoms with Crippen LogP contribution in [0.3, 0.4) is 0 Å². The molecule has 35 heavy (non-hydrogen) atoms. The molecular formula is C23H24F3N5O4. The molecule has 2 aliphatic rings. The standard InChI is InChI=1S/C23H24F3N5O4/c24-23(25,26)35-14-1-2-16(17(27)11-14)22(32)31-7-4-13(5-8-31)15-3-6-28-21-19(15)29-20(30-21)18-12-33-9-10-34-18/h1-3,6,11,13,18H,4-5,7-10,12,27H2,(H,28,29,30). The number of imidazole rings is 1. The number of hydrogen-bond acceptors (Lipinski definition) is 7. The number of amides is 1. The van der Waals surface area contributed by atoms with Crippen molar-refractivity contribution in [1.82, 2.24) is 19.9 Å². The van der Waals surface area contributed by atoms with Crippen molar-refractivity contribution in [2.75, 3.05) is 38.6 Å². The first-order chi connectivity index (χ1) is 16.8. The molecule has 5 rings (SSSR count). The molecule has 0 saturated carbocycles. The number of hydrogen-bond donors (Lipinski definition) is 2. The minimum Gasteiger partial charge on any atom is -0.406 e. The van der Waals surface area contributed by atoms with Crippen molar-refractivity contribution in [2.45, 2.75) is 31.2 Å². The Morgan fingerprint density at radius 1 is 1.20 bits per heavy atom. The van der Waals surface area contributed by atoms with Crippen molar-refractivity contribution in [1.29, 1.82) is 0 Å². The van der Waals surface area contributed by atoms with E-state index in [1.807, 2.05) is 6.07 Å². The number of rotatable bonds is 4. The smallest absolute Gasteiger partial charge is 0.406 e. The number of nitrogens with zero attached hydrogens (tertiary/aromatic N) is 3. The fourth-order valence-corrected chi connectivity index (χ4v) is 4.58. The lowest BCUT2D eigenvalue weighted by molar-refractivity contribution is -0.274. The van der Waals surface area contributed by atoms with Crippen LogP contribution < -0.4 is 10.5 Å². The Hall–Kier alpha value is -3.38. The number of aromatic amines is 1. The van der Waals surface area contributed by atoms with Crippen LogP contribution in [-0.2, 0) is 9.47 Å². The van der Waals surface area contributed by atoms with E-state index in [2.05, 4.69) is 19.7 Å². The molecule has 0 bridgehead atoms. The highest BCUT2D eigenvalue weighted by atomic mass is 19.4. The van der Waals surface area contributed by atoms with Crippen LogP contribution in [0.4, 0.5) is 18.9 Å². The van der Waals surface area contributed by atoms with Crippen molar-refractivity contribution < 1.29 is 32.2 Å². The summed E-state index contributed by atoms with van der Waals surface area (Å²) < 4.78 is 52.4. The predicted octanol–water partition coefficient (Wildman–Crippen LogP) is 3.55. The molecule has 0 aliphatic carbocycles. The number of alkyl halides is 3. The van der Waals surface area contributed by atoms with E-state index in [-0.39, 0.29) is 29.2 Å². The Kier molecular flexibility index (Phi) is 6.24. The topological polar surface area (TPSA) is 116 Å². The van der Waals surface area contributed by atoms with E-state index in [1.165, 1.54) is 6.07 Å². The summed E-state index contributed by atoms with van der Waals surface area (Å²) in [6.45, 7) is 2.47. The summed E-state index contributed by atoms with van der Waals surface area (Å²) in [5, 5.41) is 0. The van der Waals surface area contributed by atoms with Gasteiger partial charge in [0.2, 0.25) is 0 Å². The van der Waals surface area contributed by atoms with Gasteiger partial charge in [-0.05, 0) is 42.5 Å². The van der Waals surface area contributed by atoms with Crippen LogP contribution in [0.2, 0.25) is 0 Å². The van der Waals surface area contributed by atoms with Crippen LogP contribution in [0, 0.1) is 0 Å². The molecule has 2 aromatic heterocycles. The number of pyridine rings is 1. The Labute approximate surface area is 198 Å². The summed E-state index contributed by atoms with van der Waals surface area (Å²) in [4.78, 5) is 27.0. The molecule has 4 heterocycles. The zero-order valence-corrected chi connectivity index (χ0v) is 18.7. The van der Waals surface area contributed by atoms with Crippen molar-refractivity contribution in [2.24, 2.45) is 0 Å². The molecule has 0 radical (unpaired) electrons. The molecule has 2 aliphatic heterocycles. The monoisotopic (exact) mass is 491 g/mol. The van der Waals surface area contributed by atoms with Crippen LogP contribution in [0.25, 0.3) is 11.2 Å². The largest absolute Gasteiger partial charge is 0.573 e. The van der Waals surface area contributed by atoms with E-state index >= 15 is 0 Å². The highest BCUT2D eigenvalue weighted by Gasteiger charge is 2.32. The van der Waals surface area contributed by atoms with Crippen LogP contribution >= 0.6 is 0 Å². The zero-order valence-electron chi connectivity index (χ0n) is 18.7. The molecule has 3 aromatic rings. The van der Waals surface area contributed by atoms with Gasteiger partial charge in [-0.15, -0.1) is 13.2 Å². The second-order valence-electron chi connectivity index (χ2n) is 8.52. The van der Waals surface area contributed by atoms with E-state index in [0.717, 1.165) is 23.2 Å². The number of nitrogen functional groups attached to an aromatic ring is 1. The molecule has 1 amide bonds. The number of benzene rings is 1. The van der Waals surface area contributed by atoms with Crippen molar-refractivity contribution in [3.63, 3.8) is 0 Å². The molecule has 186 valence electrons. The molecule has 1 aromatic carbocycles. The van der Waals surface area contributed by atoms with Crippen LogP contribution in [0.1, 0.15) is 46.6 Å². The SMILES string of the molecule is Nc1cc(OC(F)(F)F)ccc1C(=O)N1CCC(c2ccnc3nc(C4COCCO4)[nH]c23)CC1. The quantitative estimate of drug-likeness (QED) is 0.537. The third kappa shape index (κ3) is 5.03. The lowest BCUT2D eigenvalue weighted by Crippen LogP contribution is -2.38. The lowest BCUT2D eigenvalue weighted by atomic mass is 9.89. The van der Waals surface area contributed by atoms with Crippen molar-refractivity contribution >= 4 is 22.8 Å². The number of carbonyl (C=O) groups is 1. The molecule has 1 atom stereocenters. The number of likely N-dealkylation sites (tertiary alicyclic amines) is 1. The summed E-state index contributed by atoms with van der Waals surface area (Å²) in [6.07, 6.45) is -1.95. The molecule has 9 nitrogen and oxygen atoms in total. The molecule has 0 spiro atoms. The number of fused-ring (bicyclic) bond motifs is 1. The van der Waals surface area contributed by atoms with E-state index in [4.69, 9.17) is 15.2 Å². The molecule has 3 N–H and O–H groups in total. The molecule has 12 heteroatoms. The number of halogens is 3. The highest BCUT2D eigenvalue weighted by Crippen LogP contribution is 2.34. The number of anilines is 1. The van der Waals surface area contributed by atoms with Crippen molar-refractivity contribution in [3.05, 3.63) is 47.4 Å². The van der Waals surface area contributed by atoms with Gasteiger partial charge in [-0.2, -0.15) is 0 Å². The number of carbonyl (C=O) groups excluding carboxylic acids is 1. The maximum absolute atomic E-state index is 13.0. The molecular weight excluding hydrogens is 467 g/mol. The lowest BCUT2D eigenvalue weighted by Gasteiger charge is -2.32. The van der Waals surface area contributed by atoms with Gasteiger partial charge in [0.05, 0.1) is 30.9 Å². The number of ether oxygens (including phenoxy) is 3. The zero-order chi connectivity index (χ0) is 24.6. The van der Waals surface area contributed by atoms with Gasteiger partial charge in [-0.3, -0.25) is 4.79 Å². The van der Waals surface area contributed by atoms with Crippen LogP contribution in [0.15, 0.2) is 30.5 Å². The second kappa shape index (κ2) is 9.34. The van der Waals surface area contributed by atoms with E-state index in [0.29, 0.717) is 57.2 Å². The van der Waals surface area contributed by atoms with Crippen LogP contribution in [-0.4, -0.2) is 65.0 Å². The summed E-state index contributed by atoms with van der Waals surface area (Å²) in [5.74, 6) is 0.0794. The average Bonchev–Trinajstić information content (AvgIpc) is 3.28. The Balaban J connectivity index is 1.27. The maximum Gasteiger partial charge on any atom is 0.573 e. The van der Waals surface area contributed by atoms with Gasteiger partial charge in [0.1, 0.15) is 17.7 Å². The number of nitrogens with one attached hydrogen (secondary N) is 1. The van der Waals surface area contributed by atoms with E-state index in [1.54, 1.807) is 11.1 Å². The molecule has 2 saturated heterocycles. The first kappa shape index (κ1) is 23.4. The summed E-state index contributed by atoms with van der Waals surface area (Å²) in [5.41, 5.74) is 8.49. The fraction of sp³-hybridized carbons (Fsp3) is 0.435. The number of H-pyrrole nitrogens is 1. The van der Waals surface area contributed by atoms with Crippen molar-refractivity contribution in [3.8, 4) is 5.75 Å². The Morgan fingerprint density at radius 2 is 2.00 bits per heavy atom. The first-order valence-corrected chi connectivity index (χ1v) is 11.3. The van der Waals surface area contributed by atoms with Gasteiger partial charge in [0.25, 0.3) is 5.91 Å². The number of nitrogens with two attached hydrogens (primary N) is 1. The minimum absolute atomic E-state index is 0.0615. The highest BCUT2D eigenvalue weighted by molar-refractivity contribution is 5.99. The summed E-state index contributed by atoms with van der Waals surface area (Å²) in [6, 6.07) is 5.33. The molecule has 2 fully saturated rings. The fourth-order valence-electron chi connectivity index (χ4n) is 4.58. The van der Waals surface area contributed by atoms with Gasteiger partial charge < -0.3 is 29.8 Å². The first-order valence-electron chi connectivity index (χ1n) is 11.3. The molecule has 1 unspecified atom stereocenters. The number of aromatic nitrogens is 3. The minimum atomic E-state index is -4.83. The van der Waals surface area contributed by atoms with Gasteiger partial charge in [-0.25, -0.2) is 9.97 Å². The average molecular weight is 491 g/mol. The Bertz CT molecular complexity index is 1220. The Morgan fingerprint density at radius 3 is 2.69 bits per heavy atom. The number of piperidine rings is 1. The predicted molar refractivity (Wildman–Crippen MR) is 119 cm³/mol. The van der Waals surface area contributed by atoms with E-state index in [9.17, 15) is 18.0 Å². The van der Waals surface area contributed by atoms with E-state index < -0.39 is 12.1 Å². The van der Waals surface area contributed by atoms with Gasteiger partial charge in [0.15, 0.2) is 5.65 Å². The third-order valence-electron chi connectivity index (χ3n) is 6.27. The summed E-state index contributed by atoms with van der Waals surface area (Å²) in [7, 11) is 0.